The smallest absolute Gasteiger partial charge is 0.271 e. The van der Waals surface area contributed by atoms with Crippen LogP contribution in [0.1, 0.15) is 37.7 Å². The van der Waals surface area contributed by atoms with Gasteiger partial charge in [-0.05, 0) is 32.4 Å². The first-order valence-corrected chi connectivity index (χ1v) is 9.30. The van der Waals surface area contributed by atoms with E-state index in [-0.39, 0.29) is 12.5 Å². The highest BCUT2D eigenvalue weighted by molar-refractivity contribution is 7.13. The molecule has 0 bridgehead atoms. The van der Waals surface area contributed by atoms with Gasteiger partial charge in [-0.3, -0.25) is 4.79 Å². The van der Waals surface area contributed by atoms with E-state index in [9.17, 15) is 9.90 Å². The van der Waals surface area contributed by atoms with Gasteiger partial charge in [0.05, 0.1) is 17.8 Å². The largest absolute Gasteiger partial charge is 0.394 e. The summed E-state index contributed by atoms with van der Waals surface area (Å²) in [6.45, 7) is 6.48. The van der Waals surface area contributed by atoms with E-state index in [1.54, 1.807) is 19.2 Å². The molecule has 5 nitrogen and oxygen atoms in total. The van der Waals surface area contributed by atoms with Gasteiger partial charge in [0.15, 0.2) is 0 Å². The van der Waals surface area contributed by atoms with Crippen molar-refractivity contribution in [2.75, 3.05) is 6.61 Å². The van der Waals surface area contributed by atoms with E-state index in [0.717, 1.165) is 23.7 Å². The van der Waals surface area contributed by atoms with Gasteiger partial charge in [-0.15, -0.1) is 11.3 Å². The van der Waals surface area contributed by atoms with Gasteiger partial charge in [0, 0.05) is 22.8 Å². The summed E-state index contributed by atoms with van der Waals surface area (Å²) >= 11 is 1.46. The summed E-state index contributed by atoms with van der Waals surface area (Å²) in [6, 6.07) is 10.4. The lowest BCUT2D eigenvalue weighted by atomic mass is 10.1. The number of hydrogen-bond acceptors (Lipinski definition) is 4. The molecule has 2 aromatic heterocycles. The normalized spacial score (nSPS) is 11.8. The molecule has 0 atom stereocenters. The molecule has 0 aliphatic carbocycles. The van der Waals surface area contributed by atoms with Crippen molar-refractivity contribution in [3.8, 4) is 10.7 Å². The van der Waals surface area contributed by atoms with Crippen molar-refractivity contribution in [3.05, 3.63) is 41.4 Å². The number of para-hydroxylation sites is 1. The number of amides is 1. The van der Waals surface area contributed by atoms with Crippen LogP contribution in [0, 0.1) is 0 Å². The van der Waals surface area contributed by atoms with Crippen molar-refractivity contribution in [1.29, 1.82) is 0 Å². The van der Waals surface area contributed by atoms with Crippen molar-refractivity contribution in [1.82, 2.24) is 14.9 Å². The number of aliphatic hydroxyl groups excluding tert-OH is 1. The summed E-state index contributed by atoms with van der Waals surface area (Å²) in [4.78, 5) is 16.9. The lowest BCUT2D eigenvalue weighted by Gasteiger charge is -2.22. The highest BCUT2D eigenvalue weighted by Crippen LogP contribution is 2.30. The maximum absolute atomic E-state index is 12.4. The van der Waals surface area contributed by atoms with Gasteiger partial charge in [0.2, 0.25) is 0 Å². The van der Waals surface area contributed by atoms with Crippen molar-refractivity contribution in [3.63, 3.8) is 0 Å². The van der Waals surface area contributed by atoms with Gasteiger partial charge in [0.25, 0.3) is 5.91 Å². The third kappa shape index (κ3) is 3.60. The molecule has 0 saturated carbocycles. The standard InChI is InChI=1S/C19H23N3O2S/c1-4-9-22-15-8-6-5-7-13(15)10-16(22)18-20-14(11-25-18)17(24)21-19(2,3)12-23/h5-8,10-11,23H,4,9,12H2,1-3H3,(H,21,24). The molecule has 2 heterocycles. The van der Waals surface area contributed by atoms with Crippen LogP contribution in [0.4, 0.5) is 0 Å². The van der Waals surface area contributed by atoms with Crippen LogP contribution >= 0.6 is 11.3 Å². The number of benzene rings is 1. The highest BCUT2D eigenvalue weighted by Gasteiger charge is 2.22. The molecule has 0 spiro atoms. The Bertz CT molecular complexity index is 895. The van der Waals surface area contributed by atoms with Crippen molar-refractivity contribution in [2.45, 2.75) is 39.3 Å². The third-order valence-corrected chi connectivity index (χ3v) is 4.93. The second kappa shape index (κ2) is 6.98. The minimum Gasteiger partial charge on any atom is -0.394 e. The van der Waals surface area contributed by atoms with E-state index in [2.05, 4.69) is 40.0 Å². The zero-order valence-corrected chi connectivity index (χ0v) is 15.6. The van der Waals surface area contributed by atoms with Gasteiger partial charge >= 0.3 is 0 Å². The summed E-state index contributed by atoms with van der Waals surface area (Å²) in [7, 11) is 0. The first-order chi connectivity index (χ1) is 11.9. The molecule has 0 unspecified atom stereocenters. The second-order valence-corrected chi connectivity index (χ2v) is 7.63. The number of aliphatic hydroxyl groups is 1. The van der Waals surface area contributed by atoms with Crippen LogP contribution in [-0.4, -0.2) is 32.7 Å². The van der Waals surface area contributed by atoms with Crippen LogP contribution in [0.5, 0.6) is 0 Å². The Balaban J connectivity index is 1.96. The molecule has 0 fully saturated rings. The van der Waals surface area contributed by atoms with Crippen LogP contribution in [0.15, 0.2) is 35.7 Å². The molecule has 132 valence electrons. The van der Waals surface area contributed by atoms with Crippen LogP contribution in [0.25, 0.3) is 21.6 Å². The average molecular weight is 357 g/mol. The number of hydrogen-bond donors (Lipinski definition) is 2. The van der Waals surface area contributed by atoms with Gasteiger partial charge in [-0.1, -0.05) is 25.1 Å². The number of rotatable bonds is 6. The molecule has 2 N–H and O–H groups in total. The maximum atomic E-state index is 12.4. The number of thiazole rings is 1. The SMILES string of the molecule is CCCn1c(-c2nc(C(=O)NC(C)(C)CO)cs2)cc2ccccc21. The minimum atomic E-state index is -0.669. The van der Waals surface area contributed by atoms with Gasteiger partial charge in [-0.2, -0.15) is 0 Å². The summed E-state index contributed by atoms with van der Waals surface area (Å²) in [5.41, 5.74) is 1.93. The number of carbonyl (C=O) groups is 1. The predicted octanol–water partition coefficient (Wildman–Crippen LogP) is 3.68. The zero-order valence-electron chi connectivity index (χ0n) is 14.7. The molecule has 0 saturated heterocycles. The van der Waals surface area contributed by atoms with Gasteiger partial charge in [-0.25, -0.2) is 4.98 Å². The Kier molecular flexibility index (Phi) is 4.92. The molecular weight excluding hydrogens is 334 g/mol. The molecular formula is C19H23N3O2S. The Morgan fingerprint density at radius 3 is 2.84 bits per heavy atom. The van der Waals surface area contributed by atoms with Gasteiger partial charge in [0.1, 0.15) is 10.7 Å². The molecule has 3 aromatic rings. The van der Waals surface area contributed by atoms with E-state index in [1.807, 2.05) is 12.1 Å². The molecule has 6 heteroatoms. The number of aromatic nitrogens is 2. The maximum Gasteiger partial charge on any atom is 0.271 e. The first-order valence-electron chi connectivity index (χ1n) is 8.42. The molecule has 0 aliphatic heterocycles. The highest BCUT2D eigenvalue weighted by atomic mass is 32.1. The number of carbonyl (C=O) groups excluding carboxylic acids is 1. The van der Waals surface area contributed by atoms with E-state index in [1.165, 1.54) is 22.2 Å². The van der Waals surface area contributed by atoms with Crippen molar-refractivity contribution in [2.24, 2.45) is 0 Å². The second-order valence-electron chi connectivity index (χ2n) is 6.77. The Morgan fingerprint density at radius 1 is 1.36 bits per heavy atom. The summed E-state index contributed by atoms with van der Waals surface area (Å²) < 4.78 is 2.26. The van der Waals surface area contributed by atoms with Crippen LogP contribution < -0.4 is 5.32 Å². The topological polar surface area (TPSA) is 67.2 Å². The number of fused-ring (bicyclic) bond motifs is 1. The molecule has 1 aromatic carbocycles. The van der Waals surface area contributed by atoms with Crippen LogP contribution in [0.2, 0.25) is 0 Å². The fraction of sp³-hybridized carbons (Fsp3) is 0.368. The van der Waals surface area contributed by atoms with E-state index in [4.69, 9.17) is 0 Å². The first kappa shape index (κ1) is 17.6. The van der Waals surface area contributed by atoms with Crippen LogP contribution in [0.3, 0.4) is 0 Å². The molecule has 3 rings (SSSR count). The van der Waals surface area contributed by atoms with Crippen molar-refractivity contribution >= 4 is 28.1 Å². The number of nitrogens with zero attached hydrogens (tertiary/aromatic N) is 2. The summed E-state index contributed by atoms with van der Waals surface area (Å²) in [5.74, 6) is -0.264. The minimum absolute atomic E-state index is 0.125. The predicted molar refractivity (Wildman–Crippen MR) is 102 cm³/mol. The number of nitrogens with one attached hydrogen (secondary N) is 1. The lowest BCUT2D eigenvalue weighted by molar-refractivity contribution is 0.0865. The fourth-order valence-corrected chi connectivity index (χ4v) is 3.58. The van der Waals surface area contributed by atoms with E-state index in [0.29, 0.717) is 5.69 Å². The Hall–Kier alpha value is -2.18. The lowest BCUT2D eigenvalue weighted by Crippen LogP contribution is -2.46. The average Bonchev–Trinajstić information content (AvgIpc) is 3.20. The van der Waals surface area contributed by atoms with E-state index < -0.39 is 5.54 Å². The third-order valence-electron chi connectivity index (χ3n) is 4.06. The van der Waals surface area contributed by atoms with Gasteiger partial charge < -0.3 is 15.0 Å². The summed E-state index contributed by atoms with van der Waals surface area (Å²) in [6.07, 6.45) is 1.02. The molecule has 0 aliphatic rings. The fourth-order valence-electron chi connectivity index (χ4n) is 2.76. The summed E-state index contributed by atoms with van der Waals surface area (Å²) in [5, 5.41) is 15.9. The quantitative estimate of drug-likeness (QED) is 0.707. The molecule has 1 amide bonds. The monoisotopic (exact) mass is 357 g/mol. The Labute approximate surface area is 151 Å². The van der Waals surface area contributed by atoms with Crippen LogP contribution in [-0.2, 0) is 6.54 Å². The van der Waals surface area contributed by atoms with Crippen molar-refractivity contribution < 1.29 is 9.90 Å². The molecule has 0 radical (unpaired) electrons. The van der Waals surface area contributed by atoms with E-state index >= 15 is 0 Å². The number of aryl methyl sites for hydroxylation is 1. The zero-order chi connectivity index (χ0) is 18.0. The Morgan fingerprint density at radius 2 is 2.12 bits per heavy atom. The molecule has 25 heavy (non-hydrogen) atoms.